The molecule has 1 aliphatic rings. The number of halogens is 1. The number of nitrogens with one attached hydrogen (secondary N) is 1. The summed E-state index contributed by atoms with van der Waals surface area (Å²) in [5.74, 6) is 1.07. The van der Waals surface area contributed by atoms with Crippen LogP contribution >= 0.6 is 15.9 Å². The van der Waals surface area contributed by atoms with E-state index in [-0.39, 0.29) is 5.97 Å². The summed E-state index contributed by atoms with van der Waals surface area (Å²) in [6.07, 6.45) is 3.88. The van der Waals surface area contributed by atoms with Gasteiger partial charge in [0.25, 0.3) is 0 Å². The standard InChI is InChI=1S/C17H24BrNO2/c1-4-21-17(20)13-8-9-15(14(18)10-13)19-16-11(2)6-5-7-12(16)3/h8-12,16,19H,4-7H2,1-3H3. The van der Waals surface area contributed by atoms with Gasteiger partial charge in [-0.25, -0.2) is 4.79 Å². The predicted octanol–water partition coefficient (Wildman–Crippen LogP) is 4.86. The Labute approximate surface area is 135 Å². The summed E-state index contributed by atoms with van der Waals surface area (Å²) in [5.41, 5.74) is 1.63. The molecule has 0 aliphatic heterocycles. The molecule has 0 spiro atoms. The largest absolute Gasteiger partial charge is 0.462 e. The molecule has 2 atom stereocenters. The molecule has 1 saturated carbocycles. The molecule has 4 heteroatoms. The van der Waals surface area contributed by atoms with Gasteiger partial charge in [-0.15, -0.1) is 0 Å². The minimum atomic E-state index is -0.274. The zero-order chi connectivity index (χ0) is 15.4. The van der Waals surface area contributed by atoms with Gasteiger partial charge < -0.3 is 10.1 Å². The van der Waals surface area contributed by atoms with Crippen molar-refractivity contribution < 1.29 is 9.53 Å². The van der Waals surface area contributed by atoms with Crippen LogP contribution in [0, 0.1) is 11.8 Å². The smallest absolute Gasteiger partial charge is 0.338 e. The molecule has 0 aromatic heterocycles. The number of esters is 1. The predicted molar refractivity (Wildman–Crippen MR) is 89.7 cm³/mol. The summed E-state index contributed by atoms with van der Waals surface area (Å²) in [5, 5.41) is 3.65. The van der Waals surface area contributed by atoms with Crippen LogP contribution in [0.25, 0.3) is 0 Å². The van der Waals surface area contributed by atoms with E-state index in [0.29, 0.717) is 30.0 Å². The van der Waals surface area contributed by atoms with E-state index in [9.17, 15) is 4.79 Å². The lowest BCUT2D eigenvalue weighted by atomic mass is 9.78. The molecule has 0 bridgehead atoms. The number of hydrogen-bond acceptors (Lipinski definition) is 3. The average molecular weight is 354 g/mol. The maximum absolute atomic E-state index is 11.7. The maximum Gasteiger partial charge on any atom is 0.338 e. The third-order valence-electron chi connectivity index (χ3n) is 4.35. The van der Waals surface area contributed by atoms with Crippen molar-refractivity contribution >= 4 is 27.6 Å². The highest BCUT2D eigenvalue weighted by Gasteiger charge is 2.27. The normalized spacial score (nSPS) is 25.4. The van der Waals surface area contributed by atoms with Gasteiger partial charge in [0.05, 0.1) is 12.2 Å². The summed E-state index contributed by atoms with van der Waals surface area (Å²) in [6, 6.07) is 6.11. The number of anilines is 1. The van der Waals surface area contributed by atoms with E-state index < -0.39 is 0 Å². The molecule has 0 radical (unpaired) electrons. The second kappa shape index (κ2) is 7.30. The molecule has 21 heavy (non-hydrogen) atoms. The summed E-state index contributed by atoms with van der Waals surface area (Å²) in [6.45, 7) is 6.84. The highest BCUT2D eigenvalue weighted by molar-refractivity contribution is 9.10. The van der Waals surface area contributed by atoms with Crippen molar-refractivity contribution in [1.82, 2.24) is 0 Å². The Morgan fingerprint density at radius 3 is 2.57 bits per heavy atom. The molecule has 2 unspecified atom stereocenters. The quantitative estimate of drug-likeness (QED) is 0.785. The third kappa shape index (κ3) is 4.00. The first-order valence-electron chi connectivity index (χ1n) is 7.76. The van der Waals surface area contributed by atoms with E-state index in [1.165, 1.54) is 19.3 Å². The van der Waals surface area contributed by atoms with Gasteiger partial charge in [-0.1, -0.05) is 20.3 Å². The summed E-state index contributed by atoms with van der Waals surface area (Å²) >= 11 is 3.56. The molecule has 1 aromatic rings. The van der Waals surface area contributed by atoms with Crippen LogP contribution in [0.15, 0.2) is 22.7 Å². The van der Waals surface area contributed by atoms with Crippen molar-refractivity contribution in [2.75, 3.05) is 11.9 Å². The SMILES string of the molecule is CCOC(=O)c1ccc(NC2C(C)CCCC2C)c(Br)c1. The van der Waals surface area contributed by atoms with Crippen molar-refractivity contribution in [1.29, 1.82) is 0 Å². The molecule has 0 amide bonds. The molecule has 1 N–H and O–H groups in total. The van der Waals surface area contributed by atoms with Crippen molar-refractivity contribution in [3.8, 4) is 0 Å². The number of carbonyl (C=O) groups excluding carboxylic acids is 1. The van der Waals surface area contributed by atoms with Crippen molar-refractivity contribution in [2.45, 2.75) is 46.1 Å². The summed E-state index contributed by atoms with van der Waals surface area (Å²) in [7, 11) is 0. The molecule has 1 aromatic carbocycles. The Morgan fingerprint density at radius 1 is 1.33 bits per heavy atom. The Morgan fingerprint density at radius 2 is 2.00 bits per heavy atom. The van der Waals surface area contributed by atoms with Crippen LogP contribution in [0.5, 0.6) is 0 Å². The molecular weight excluding hydrogens is 330 g/mol. The molecular formula is C17H24BrNO2. The molecule has 0 saturated heterocycles. The first kappa shape index (κ1) is 16.3. The van der Waals surface area contributed by atoms with Crippen LogP contribution in [0.3, 0.4) is 0 Å². The second-order valence-corrected chi connectivity index (χ2v) is 6.83. The van der Waals surface area contributed by atoms with Crippen molar-refractivity contribution in [2.24, 2.45) is 11.8 Å². The molecule has 1 aliphatic carbocycles. The lowest BCUT2D eigenvalue weighted by Crippen LogP contribution is -2.37. The number of carbonyl (C=O) groups is 1. The Hall–Kier alpha value is -1.03. The van der Waals surface area contributed by atoms with E-state index in [0.717, 1.165) is 10.2 Å². The van der Waals surface area contributed by atoms with E-state index >= 15 is 0 Å². The lowest BCUT2D eigenvalue weighted by Gasteiger charge is -2.36. The zero-order valence-corrected chi connectivity index (χ0v) is 14.6. The number of hydrogen-bond donors (Lipinski definition) is 1. The van der Waals surface area contributed by atoms with E-state index in [2.05, 4.69) is 35.1 Å². The van der Waals surface area contributed by atoms with Gasteiger partial charge >= 0.3 is 5.97 Å². The molecule has 3 nitrogen and oxygen atoms in total. The van der Waals surface area contributed by atoms with Crippen molar-refractivity contribution in [3.63, 3.8) is 0 Å². The maximum atomic E-state index is 11.7. The van der Waals surface area contributed by atoms with Gasteiger partial charge in [0.1, 0.15) is 0 Å². The Kier molecular flexibility index (Phi) is 5.68. The highest BCUT2D eigenvalue weighted by atomic mass is 79.9. The van der Waals surface area contributed by atoms with E-state index in [4.69, 9.17) is 4.74 Å². The van der Waals surface area contributed by atoms with Crippen LogP contribution in [0.2, 0.25) is 0 Å². The Bertz CT molecular complexity index is 494. The zero-order valence-electron chi connectivity index (χ0n) is 13.0. The van der Waals surface area contributed by atoms with Crippen LogP contribution in [0.1, 0.15) is 50.4 Å². The second-order valence-electron chi connectivity index (χ2n) is 5.97. The highest BCUT2D eigenvalue weighted by Crippen LogP contribution is 2.33. The number of benzene rings is 1. The first-order chi connectivity index (χ1) is 10.0. The van der Waals surface area contributed by atoms with Gasteiger partial charge in [0.2, 0.25) is 0 Å². The molecule has 116 valence electrons. The molecule has 1 fully saturated rings. The third-order valence-corrected chi connectivity index (χ3v) is 5.00. The minimum Gasteiger partial charge on any atom is -0.462 e. The fourth-order valence-corrected chi connectivity index (χ4v) is 3.61. The van der Waals surface area contributed by atoms with Gasteiger partial charge in [-0.2, -0.15) is 0 Å². The van der Waals surface area contributed by atoms with E-state index in [1.54, 1.807) is 0 Å². The Balaban J connectivity index is 2.12. The summed E-state index contributed by atoms with van der Waals surface area (Å²) < 4.78 is 5.94. The fraction of sp³-hybridized carbons (Fsp3) is 0.588. The number of ether oxygens (including phenoxy) is 1. The lowest BCUT2D eigenvalue weighted by molar-refractivity contribution is 0.0526. The van der Waals surface area contributed by atoms with Crippen LogP contribution < -0.4 is 5.32 Å². The van der Waals surface area contributed by atoms with Crippen LogP contribution in [-0.2, 0) is 4.74 Å². The molecule has 0 heterocycles. The average Bonchev–Trinajstić information content (AvgIpc) is 2.44. The van der Waals surface area contributed by atoms with E-state index in [1.807, 2.05) is 25.1 Å². The fourth-order valence-electron chi connectivity index (χ4n) is 3.12. The van der Waals surface area contributed by atoms with Crippen molar-refractivity contribution in [3.05, 3.63) is 28.2 Å². The minimum absolute atomic E-state index is 0.274. The van der Waals surface area contributed by atoms with Gasteiger partial charge in [0.15, 0.2) is 0 Å². The van der Waals surface area contributed by atoms with Gasteiger partial charge in [-0.05, 0) is 65.7 Å². The van der Waals surface area contributed by atoms with Gasteiger partial charge in [0, 0.05) is 16.2 Å². The first-order valence-corrected chi connectivity index (χ1v) is 8.55. The van der Waals surface area contributed by atoms with Gasteiger partial charge in [-0.3, -0.25) is 0 Å². The number of rotatable bonds is 4. The summed E-state index contributed by atoms with van der Waals surface area (Å²) in [4.78, 5) is 11.7. The van der Waals surface area contributed by atoms with Crippen LogP contribution in [0.4, 0.5) is 5.69 Å². The topological polar surface area (TPSA) is 38.3 Å². The van der Waals surface area contributed by atoms with Crippen LogP contribution in [-0.4, -0.2) is 18.6 Å². The molecule has 2 rings (SSSR count). The monoisotopic (exact) mass is 353 g/mol.